The summed E-state index contributed by atoms with van der Waals surface area (Å²) in [5, 5.41) is 5.22. The summed E-state index contributed by atoms with van der Waals surface area (Å²) in [6.07, 6.45) is 6.10. The van der Waals surface area contributed by atoms with E-state index in [-0.39, 0.29) is 11.3 Å². The molecule has 29 heavy (non-hydrogen) atoms. The van der Waals surface area contributed by atoms with Crippen LogP contribution in [0.2, 0.25) is 5.02 Å². The fraction of sp³-hybridized carbons (Fsp3) is 0.263. The Morgan fingerprint density at radius 3 is 3.03 bits per heavy atom. The third kappa shape index (κ3) is 3.16. The van der Waals surface area contributed by atoms with Crippen LogP contribution in [0, 0.1) is 6.92 Å². The largest absolute Gasteiger partial charge is 0.454 e. The van der Waals surface area contributed by atoms with E-state index in [1.54, 1.807) is 41.3 Å². The van der Waals surface area contributed by atoms with E-state index in [1.807, 2.05) is 0 Å². The zero-order valence-electron chi connectivity index (χ0n) is 15.4. The summed E-state index contributed by atoms with van der Waals surface area (Å²) in [5.41, 5.74) is 3.44. The molecule has 0 fully saturated rings. The van der Waals surface area contributed by atoms with E-state index in [9.17, 15) is 9.59 Å². The molecule has 4 aromatic heterocycles. The molecular weight excluding hydrogens is 414 g/mol. The second-order valence-corrected chi connectivity index (χ2v) is 8.42. The number of rotatable bonds is 4. The molecule has 10 heteroatoms. The summed E-state index contributed by atoms with van der Waals surface area (Å²) >= 11 is 7.43. The molecule has 0 aliphatic heterocycles. The van der Waals surface area contributed by atoms with E-state index >= 15 is 0 Å². The Morgan fingerprint density at radius 2 is 2.24 bits per heavy atom. The molecular formula is C19H16ClN5O3S. The number of aryl methyl sites for hydroxylation is 3. The second kappa shape index (κ2) is 6.85. The molecule has 1 N–H and O–H groups in total. The maximum absolute atomic E-state index is 13.0. The van der Waals surface area contributed by atoms with Gasteiger partial charge in [-0.05, 0) is 43.9 Å². The maximum Gasteiger partial charge on any atom is 0.305 e. The van der Waals surface area contributed by atoms with Crippen molar-refractivity contribution >= 4 is 39.1 Å². The van der Waals surface area contributed by atoms with Crippen LogP contribution in [0.5, 0.6) is 0 Å². The number of halogens is 1. The molecule has 0 atom stereocenters. The number of carbonyl (C=O) groups excluding carboxylic acids is 1. The molecule has 148 valence electrons. The van der Waals surface area contributed by atoms with Gasteiger partial charge in [0, 0.05) is 11.1 Å². The highest BCUT2D eigenvalue weighted by molar-refractivity contribution is 7.18. The van der Waals surface area contributed by atoms with Gasteiger partial charge in [-0.1, -0.05) is 11.6 Å². The molecule has 0 bridgehead atoms. The molecule has 0 saturated heterocycles. The van der Waals surface area contributed by atoms with Crippen molar-refractivity contribution in [1.29, 1.82) is 0 Å². The van der Waals surface area contributed by atoms with Crippen molar-refractivity contribution < 1.29 is 9.21 Å². The smallest absolute Gasteiger partial charge is 0.305 e. The van der Waals surface area contributed by atoms with Crippen LogP contribution >= 0.6 is 22.9 Å². The van der Waals surface area contributed by atoms with Crippen LogP contribution in [-0.2, 0) is 19.4 Å². The van der Waals surface area contributed by atoms with Crippen LogP contribution in [0.25, 0.3) is 10.2 Å². The Hall–Kier alpha value is -2.91. The summed E-state index contributed by atoms with van der Waals surface area (Å²) in [7, 11) is 0. The first-order chi connectivity index (χ1) is 14.0. The fourth-order valence-corrected chi connectivity index (χ4v) is 5.06. The topological polar surface area (TPSA) is 95.0 Å². The SMILES string of the molecule is Cc1nc2sc3c(c2c(=O)n1NC(=O)c1ccc(Cn2cc(Cl)cn2)o1)CCC3. The molecule has 5 rings (SSSR count). The maximum atomic E-state index is 13.0. The van der Waals surface area contributed by atoms with Gasteiger partial charge in [-0.15, -0.1) is 11.3 Å². The Kier molecular flexibility index (Phi) is 4.29. The lowest BCUT2D eigenvalue weighted by Crippen LogP contribution is -2.35. The normalized spacial score (nSPS) is 13.2. The molecule has 0 radical (unpaired) electrons. The van der Waals surface area contributed by atoms with Gasteiger partial charge in [0.25, 0.3) is 5.56 Å². The Labute approximate surface area is 173 Å². The standard InChI is InChI=1S/C19H16ClN5O3S/c1-10-22-18-16(13-3-2-4-15(13)29-18)19(27)25(10)23-17(26)14-6-5-12(28-14)9-24-8-11(20)7-21-24/h5-8H,2-4,9H2,1H3,(H,23,26). The van der Waals surface area contributed by atoms with Gasteiger partial charge in [0.15, 0.2) is 5.76 Å². The number of hydrogen-bond donors (Lipinski definition) is 1. The lowest BCUT2D eigenvalue weighted by Gasteiger charge is -2.10. The minimum Gasteiger partial charge on any atom is -0.454 e. The quantitative estimate of drug-likeness (QED) is 0.537. The highest BCUT2D eigenvalue weighted by atomic mass is 35.5. The van der Waals surface area contributed by atoms with Gasteiger partial charge in [0.1, 0.15) is 16.4 Å². The highest BCUT2D eigenvalue weighted by Gasteiger charge is 2.23. The van der Waals surface area contributed by atoms with Crippen LogP contribution < -0.4 is 11.0 Å². The molecule has 4 heterocycles. The van der Waals surface area contributed by atoms with Crippen molar-refractivity contribution in [3.63, 3.8) is 0 Å². The minimum atomic E-state index is -0.520. The highest BCUT2D eigenvalue weighted by Crippen LogP contribution is 2.34. The summed E-state index contributed by atoms with van der Waals surface area (Å²) in [5.74, 6) is 0.546. The van der Waals surface area contributed by atoms with Crippen LogP contribution in [0.15, 0.2) is 33.7 Å². The van der Waals surface area contributed by atoms with Gasteiger partial charge in [0.05, 0.1) is 23.2 Å². The average Bonchev–Trinajstić information content (AvgIpc) is 3.43. The number of amides is 1. The van der Waals surface area contributed by atoms with Gasteiger partial charge in [-0.25, -0.2) is 9.66 Å². The first-order valence-corrected chi connectivity index (χ1v) is 10.3. The minimum absolute atomic E-state index is 0.0974. The number of aromatic nitrogens is 4. The number of nitrogens with zero attached hydrogens (tertiary/aromatic N) is 4. The zero-order chi connectivity index (χ0) is 20.1. The van der Waals surface area contributed by atoms with Crippen molar-refractivity contribution in [3.8, 4) is 0 Å². The number of carbonyl (C=O) groups is 1. The molecule has 4 aromatic rings. The van der Waals surface area contributed by atoms with Crippen LogP contribution in [0.1, 0.15) is 39.0 Å². The second-order valence-electron chi connectivity index (χ2n) is 6.90. The number of thiophene rings is 1. The Morgan fingerprint density at radius 1 is 1.38 bits per heavy atom. The summed E-state index contributed by atoms with van der Waals surface area (Å²) < 4.78 is 8.41. The first kappa shape index (κ1) is 18.1. The van der Waals surface area contributed by atoms with E-state index < -0.39 is 5.91 Å². The third-order valence-corrected chi connectivity index (χ3v) is 6.31. The first-order valence-electron chi connectivity index (χ1n) is 9.11. The zero-order valence-corrected chi connectivity index (χ0v) is 17.0. The molecule has 0 unspecified atom stereocenters. The van der Waals surface area contributed by atoms with E-state index in [1.165, 1.54) is 15.8 Å². The van der Waals surface area contributed by atoms with Crippen molar-refractivity contribution in [2.45, 2.75) is 32.7 Å². The molecule has 8 nitrogen and oxygen atoms in total. The molecule has 1 amide bonds. The van der Waals surface area contributed by atoms with Crippen LogP contribution in [0.3, 0.4) is 0 Å². The van der Waals surface area contributed by atoms with E-state index in [0.717, 1.165) is 29.7 Å². The molecule has 0 saturated carbocycles. The lowest BCUT2D eigenvalue weighted by atomic mass is 10.2. The number of furan rings is 1. The summed E-state index contributed by atoms with van der Waals surface area (Å²) in [6.45, 7) is 2.04. The van der Waals surface area contributed by atoms with E-state index in [4.69, 9.17) is 16.0 Å². The number of fused-ring (bicyclic) bond motifs is 3. The predicted octanol–water partition coefficient (Wildman–Crippen LogP) is 3.13. The van der Waals surface area contributed by atoms with E-state index in [2.05, 4.69) is 15.5 Å². The van der Waals surface area contributed by atoms with Gasteiger partial charge < -0.3 is 4.42 Å². The Balaban J connectivity index is 1.42. The average molecular weight is 430 g/mol. The van der Waals surface area contributed by atoms with Gasteiger partial charge >= 0.3 is 5.91 Å². The predicted molar refractivity (Wildman–Crippen MR) is 109 cm³/mol. The van der Waals surface area contributed by atoms with Crippen molar-refractivity contribution in [2.24, 2.45) is 0 Å². The monoisotopic (exact) mass is 429 g/mol. The number of hydrogen-bond acceptors (Lipinski definition) is 6. The van der Waals surface area contributed by atoms with Crippen molar-refractivity contribution in [3.05, 3.63) is 67.7 Å². The van der Waals surface area contributed by atoms with Gasteiger partial charge in [-0.3, -0.25) is 19.7 Å². The van der Waals surface area contributed by atoms with Crippen molar-refractivity contribution in [2.75, 3.05) is 5.43 Å². The van der Waals surface area contributed by atoms with Gasteiger partial charge in [-0.2, -0.15) is 5.10 Å². The number of nitrogens with one attached hydrogen (secondary N) is 1. The fourth-order valence-electron chi connectivity index (χ4n) is 3.60. The van der Waals surface area contributed by atoms with Crippen LogP contribution in [-0.4, -0.2) is 25.3 Å². The van der Waals surface area contributed by atoms with E-state index in [0.29, 0.717) is 28.5 Å². The lowest BCUT2D eigenvalue weighted by molar-refractivity contribution is 0.0978. The molecule has 0 spiro atoms. The summed E-state index contributed by atoms with van der Waals surface area (Å²) in [4.78, 5) is 32.2. The molecule has 0 aromatic carbocycles. The third-order valence-electron chi connectivity index (χ3n) is 4.92. The summed E-state index contributed by atoms with van der Waals surface area (Å²) in [6, 6.07) is 3.25. The van der Waals surface area contributed by atoms with Crippen molar-refractivity contribution in [1.82, 2.24) is 19.4 Å². The van der Waals surface area contributed by atoms with Gasteiger partial charge in [0.2, 0.25) is 0 Å². The Bertz CT molecular complexity index is 1320. The molecule has 1 aliphatic carbocycles. The van der Waals surface area contributed by atoms with Crippen LogP contribution in [0.4, 0.5) is 0 Å². The molecule has 1 aliphatic rings.